The third-order valence-corrected chi connectivity index (χ3v) is 4.48. The van der Waals surface area contributed by atoms with E-state index in [1.54, 1.807) is 0 Å². The lowest BCUT2D eigenvalue weighted by molar-refractivity contribution is 0.826. The van der Waals surface area contributed by atoms with Gasteiger partial charge < -0.3 is 5.32 Å². The summed E-state index contributed by atoms with van der Waals surface area (Å²) in [6.45, 7) is 5.35. The molecule has 0 fully saturated rings. The van der Waals surface area contributed by atoms with Crippen LogP contribution >= 0.6 is 0 Å². The summed E-state index contributed by atoms with van der Waals surface area (Å²) in [5.41, 5.74) is 8.72. The van der Waals surface area contributed by atoms with E-state index in [4.69, 9.17) is 0 Å². The second kappa shape index (κ2) is 4.62. The van der Waals surface area contributed by atoms with E-state index in [1.165, 1.54) is 40.0 Å². The summed E-state index contributed by atoms with van der Waals surface area (Å²) in [7, 11) is 0. The Balaban J connectivity index is 1.97. The van der Waals surface area contributed by atoms with E-state index < -0.39 is 0 Å². The molecule has 0 aliphatic carbocycles. The number of anilines is 1. The lowest BCUT2D eigenvalue weighted by Crippen LogP contribution is -2.14. The molecule has 2 heterocycles. The zero-order valence-electron chi connectivity index (χ0n) is 12.5. The maximum absolute atomic E-state index is 4.58. The summed E-state index contributed by atoms with van der Waals surface area (Å²) in [6, 6.07) is 10.9. The number of nitrogens with zero attached hydrogens (tertiary/aromatic N) is 2. The van der Waals surface area contributed by atoms with Crippen molar-refractivity contribution in [2.45, 2.75) is 26.7 Å². The lowest BCUT2D eigenvalue weighted by atomic mass is 10.0. The fourth-order valence-corrected chi connectivity index (χ4v) is 3.15. The molecule has 4 rings (SSSR count). The van der Waals surface area contributed by atoms with Gasteiger partial charge in [-0.15, -0.1) is 0 Å². The molecule has 0 amide bonds. The second-order valence-electron chi connectivity index (χ2n) is 5.88. The average molecular weight is 277 g/mol. The molecule has 1 aliphatic heterocycles. The van der Waals surface area contributed by atoms with Crippen molar-refractivity contribution in [3.8, 4) is 5.69 Å². The van der Waals surface area contributed by atoms with Crippen LogP contribution in [0.2, 0.25) is 0 Å². The Kier molecular flexibility index (Phi) is 2.74. The molecule has 3 aromatic rings. The van der Waals surface area contributed by atoms with E-state index in [0.29, 0.717) is 0 Å². The molecule has 0 saturated carbocycles. The van der Waals surface area contributed by atoms with Gasteiger partial charge in [-0.1, -0.05) is 12.1 Å². The number of aryl methyl sites for hydroxylation is 3. The normalized spacial score (nSPS) is 14.0. The molecule has 0 radical (unpaired) electrons. The van der Waals surface area contributed by atoms with Crippen molar-refractivity contribution in [1.29, 1.82) is 0 Å². The SMILES string of the molecule is Cc1cc2ncn(-c3cccc4c3NCCC4)c2cc1C. The van der Waals surface area contributed by atoms with Crippen LogP contribution in [-0.2, 0) is 6.42 Å². The molecule has 0 unspecified atom stereocenters. The molecule has 106 valence electrons. The van der Waals surface area contributed by atoms with Crippen LogP contribution in [0.5, 0.6) is 0 Å². The first-order valence-electron chi connectivity index (χ1n) is 7.54. The predicted molar refractivity (Wildman–Crippen MR) is 87.4 cm³/mol. The van der Waals surface area contributed by atoms with E-state index in [9.17, 15) is 0 Å². The van der Waals surface area contributed by atoms with Crippen molar-refractivity contribution in [1.82, 2.24) is 9.55 Å². The minimum absolute atomic E-state index is 1.05. The molecular weight excluding hydrogens is 258 g/mol. The fraction of sp³-hybridized carbons (Fsp3) is 0.278. The van der Waals surface area contributed by atoms with E-state index in [2.05, 4.69) is 59.0 Å². The van der Waals surface area contributed by atoms with Crippen molar-refractivity contribution in [2.75, 3.05) is 11.9 Å². The van der Waals surface area contributed by atoms with E-state index in [-0.39, 0.29) is 0 Å². The van der Waals surface area contributed by atoms with Crippen LogP contribution in [0.1, 0.15) is 23.1 Å². The summed E-state index contributed by atoms with van der Waals surface area (Å²) in [5.74, 6) is 0. The summed E-state index contributed by atoms with van der Waals surface area (Å²) < 4.78 is 2.21. The highest BCUT2D eigenvalue weighted by molar-refractivity contribution is 5.81. The minimum Gasteiger partial charge on any atom is -0.383 e. The van der Waals surface area contributed by atoms with Crippen LogP contribution < -0.4 is 5.32 Å². The second-order valence-corrected chi connectivity index (χ2v) is 5.88. The molecule has 1 N–H and O–H groups in total. The molecule has 3 heteroatoms. The highest BCUT2D eigenvalue weighted by atomic mass is 15.1. The van der Waals surface area contributed by atoms with Gasteiger partial charge in [0.05, 0.1) is 22.4 Å². The van der Waals surface area contributed by atoms with Crippen LogP contribution in [0, 0.1) is 13.8 Å². The summed E-state index contributed by atoms with van der Waals surface area (Å²) in [4.78, 5) is 4.58. The van der Waals surface area contributed by atoms with Crippen LogP contribution in [0.15, 0.2) is 36.7 Å². The van der Waals surface area contributed by atoms with Crippen LogP contribution in [-0.4, -0.2) is 16.1 Å². The Morgan fingerprint density at radius 3 is 2.90 bits per heavy atom. The van der Waals surface area contributed by atoms with Crippen LogP contribution in [0.3, 0.4) is 0 Å². The van der Waals surface area contributed by atoms with Gasteiger partial charge in [0.1, 0.15) is 6.33 Å². The first-order chi connectivity index (χ1) is 10.2. The van der Waals surface area contributed by atoms with Crippen molar-refractivity contribution < 1.29 is 0 Å². The molecule has 0 spiro atoms. The van der Waals surface area contributed by atoms with Crippen molar-refractivity contribution in [3.63, 3.8) is 0 Å². The summed E-state index contributed by atoms with van der Waals surface area (Å²) in [5, 5.41) is 3.56. The van der Waals surface area contributed by atoms with Gasteiger partial charge in [-0.3, -0.25) is 4.57 Å². The number of rotatable bonds is 1. The predicted octanol–water partition coefficient (Wildman–Crippen LogP) is 4.00. The van der Waals surface area contributed by atoms with Crippen molar-refractivity contribution >= 4 is 16.7 Å². The number of hydrogen-bond donors (Lipinski definition) is 1. The third-order valence-electron chi connectivity index (χ3n) is 4.48. The minimum atomic E-state index is 1.05. The van der Waals surface area contributed by atoms with Crippen molar-refractivity contribution in [3.05, 3.63) is 53.3 Å². The Hall–Kier alpha value is -2.29. The number of benzene rings is 2. The Morgan fingerprint density at radius 2 is 2.00 bits per heavy atom. The number of hydrogen-bond acceptors (Lipinski definition) is 2. The smallest absolute Gasteiger partial charge is 0.100 e. The molecule has 0 atom stereocenters. The number of fused-ring (bicyclic) bond motifs is 2. The number of para-hydroxylation sites is 1. The molecular formula is C18H19N3. The molecule has 2 aromatic carbocycles. The zero-order chi connectivity index (χ0) is 14.4. The summed E-state index contributed by atoms with van der Waals surface area (Å²) >= 11 is 0. The first-order valence-corrected chi connectivity index (χ1v) is 7.54. The number of nitrogens with one attached hydrogen (secondary N) is 1. The van der Waals surface area contributed by atoms with Gasteiger partial charge in [0, 0.05) is 6.54 Å². The Morgan fingerprint density at radius 1 is 1.14 bits per heavy atom. The monoisotopic (exact) mass is 277 g/mol. The van der Waals surface area contributed by atoms with Crippen LogP contribution in [0.4, 0.5) is 5.69 Å². The summed E-state index contributed by atoms with van der Waals surface area (Å²) in [6.07, 6.45) is 4.30. The van der Waals surface area contributed by atoms with Gasteiger partial charge in [-0.05, 0) is 61.6 Å². The van der Waals surface area contributed by atoms with E-state index >= 15 is 0 Å². The number of imidazole rings is 1. The molecule has 1 aliphatic rings. The maximum atomic E-state index is 4.58. The van der Waals surface area contributed by atoms with E-state index in [0.717, 1.165) is 18.5 Å². The van der Waals surface area contributed by atoms with Gasteiger partial charge in [-0.2, -0.15) is 0 Å². The highest BCUT2D eigenvalue weighted by Crippen LogP contribution is 2.31. The average Bonchev–Trinajstić information content (AvgIpc) is 2.90. The van der Waals surface area contributed by atoms with Gasteiger partial charge in [-0.25, -0.2) is 4.98 Å². The van der Waals surface area contributed by atoms with Crippen LogP contribution in [0.25, 0.3) is 16.7 Å². The standard InChI is InChI=1S/C18H19N3/c1-12-9-15-17(10-13(12)2)21(11-20-15)16-7-3-5-14-6-4-8-19-18(14)16/h3,5,7,9-11,19H,4,6,8H2,1-2H3. The van der Waals surface area contributed by atoms with Gasteiger partial charge in [0.15, 0.2) is 0 Å². The Labute approximate surface area is 124 Å². The molecule has 0 bridgehead atoms. The lowest BCUT2D eigenvalue weighted by Gasteiger charge is -2.21. The molecule has 1 aromatic heterocycles. The Bertz CT molecular complexity index is 830. The largest absolute Gasteiger partial charge is 0.383 e. The van der Waals surface area contributed by atoms with Crippen molar-refractivity contribution in [2.24, 2.45) is 0 Å². The quantitative estimate of drug-likeness (QED) is 0.728. The first kappa shape index (κ1) is 12.5. The highest BCUT2D eigenvalue weighted by Gasteiger charge is 2.15. The van der Waals surface area contributed by atoms with Gasteiger partial charge >= 0.3 is 0 Å². The fourth-order valence-electron chi connectivity index (χ4n) is 3.15. The third kappa shape index (κ3) is 1.92. The zero-order valence-corrected chi connectivity index (χ0v) is 12.5. The molecule has 3 nitrogen and oxygen atoms in total. The molecule has 21 heavy (non-hydrogen) atoms. The van der Waals surface area contributed by atoms with Gasteiger partial charge in [0.25, 0.3) is 0 Å². The maximum Gasteiger partial charge on any atom is 0.100 e. The van der Waals surface area contributed by atoms with E-state index in [1.807, 2.05) is 6.33 Å². The number of aromatic nitrogens is 2. The molecule has 0 saturated heterocycles. The topological polar surface area (TPSA) is 29.9 Å². The van der Waals surface area contributed by atoms with Gasteiger partial charge in [0.2, 0.25) is 0 Å².